The fourth-order valence-electron chi connectivity index (χ4n) is 8.61. The van der Waals surface area contributed by atoms with E-state index in [1.807, 2.05) is 60.9 Å². The van der Waals surface area contributed by atoms with Crippen molar-refractivity contribution >= 4 is 45.5 Å². The predicted molar refractivity (Wildman–Crippen MR) is 272 cm³/mol. The minimum atomic E-state index is -1.69. The van der Waals surface area contributed by atoms with Crippen LogP contribution in [0, 0.1) is 23.7 Å². The molecule has 2 aliphatic heterocycles. The fraction of sp³-hybridized carbons (Fsp3) is 0.245. The van der Waals surface area contributed by atoms with Crippen molar-refractivity contribution in [1.29, 1.82) is 0 Å². The highest BCUT2D eigenvalue weighted by Gasteiger charge is 2.43. The van der Waals surface area contributed by atoms with Gasteiger partial charge < -0.3 is 46.8 Å². The third kappa shape index (κ3) is 10.1. The first kappa shape index (κ1) is 51.4. The summed E-state index contributed by atoms with van der Waals surface area (Å²) in [5.74, 6) is 9.21. The van der Waals surface area contributed by atoms with Gasteiger partial charge in [-0.1, -0.05) is 47.9 Å². The average molecular weight is 1000 g/mol. The Morgan fingerprint density at radius 3 is 1.51 bits per heavy atom. The number of primary amides is 1. The standard InChI is InChI=1S/C27H25N5O5.C26H24N6O4.H3N/c1-30-11-10-27(36,26(30)35)9-8-18-4-3-5-21(14-18)32-23-7-6-19(20-16-28-31(17-20)12-13-33)15-22(23)24(29-32)25(34)37-2;1-30-10-9-26(36,25(30)35)8-7-17-3-2-4-20(13-17)32-22-6-5-18(14-21(22)23(29-32)24(27)34)19-15-28-31(16-19)11-12-33;/h3-7,14-17,33,36H,10-13H2,1-2H3;2-6,13-16,33,36H,9-12H2,1H3,(H2,27,34);1H3/t27-;26-;/m00./s1. The van der Waals surface area contributed by atoms with Crippen molar-refractivity contribution in [3.8, 4) is 57.3 Å². The Bertz CT molecular complexity index is 3610. The van der Waals surface area contributed by atoms with Crippen LogP contribution < -0.4 is 11.9 Å². The quantitative estimate of drug-likeness (QED) is 0.0849. The molecular weight excluding hydrogens is 949 g/mol. The molecule has 2 fully saturated rings. The number of ether oxygens (including phenoxy) is 1. The monoisotopic (exact) mass is 1000 g/mol. The molecule has 74 heavy (non-hydrogen) atoms. The van der Waals surface area contributed by atoms with Gasteiger partial charge in [0.1, 0.15) is 0 Å². The SMILES string of the molecule is CN1CC[C@@](O)(C#Cc2cccc(-n3nc(C(N)=O)c4cc(-c5cnn(CCO)c5)ccc43)c2)C1=O.COC(=O)c1nn(-c2cccc(C#C[C@]3(O)CCN(C)C3=O)c2)c2ccc(-c3cnn(CCO)c3)cc12.N. The number of likely N-dealkylation sites (N-methyl/N-ethyl adjacent to an activating group) is 2. The molecule has 0 radical (unpaired) electrons. The van der Waals surface area contributed by atoms with Crippen LogP contribution in [0.1, 0.15) is 44.9 Å². The highest BCUT2D eigenvalue weighted by molar-refractivity contribution is 6.06. The summed E-state index contributed by atoms with van der Waals surface area (Å²) in [6, 6.07) is 25.5. The van der Waals surface area contributed by atoms with E-state index in [4.69, 9.17) is 20.7 Å². The molecule has 8 aromatic rings. The van der Waals surface area contributed by atoms with Crippen LogP contribution in [0.2, 0.25) is 0 Å². The van der Waals surface area contributed by atoms with Crippen LogP contribution in [-0.2, 0) is 27.4 Å². The van der Waals surface area contributed by atoms with Crippen molar-refractivity contribution in [2.45, 2.75) is 37.1 Å². The summed E-state index contributed by atoms with van der Waals surface area (Å²) < 4.78 is 11.5. The number of methoxy groups -OCH3 is 1. The zero-order chi connectivity index (χ0) is 51.6. The van der Waals surface area contributed by atoms with E-state index in [0.29, 0.717) is 70.5 Å². The van der Waals surface area contributed by atoms with E-state index in [1.54, 1.807) is 81.6 Å². The lowest BCUT2D eigenvalue weighted by Gasteiger charge is -2.13. The topological polar surface area (TPSA) is 297 Å². The Hall–Kier alpha value is -8.96. The van der Waals surface area contributed by atoms with Gasteiger partial charge in [-0.15, -0.1) is 0 Å². The number of hydrogen-bond donors (Lipinski definition) is 6. The largest absolute Gasteiger partial charge is 0.464 e. The van der Waals surface area contributed by atoms with Gasteiger partial charge in [0.05, 0.1) is 68.2 Å². The number of benzene rings is 4. The lowest BCUT2D eigenvalue weighted by atomic mass is 10.0. The average Bonchev–Trinajstić information content (AvgIpc) is 4.28. The zero-order valence-electron chi connectivity index (χ0n) is 40.6. The minimum Gasteiger partial charge on any atom is -0.464 e. The van der Waals surface area contributed by atoms with Crippen LogP contribution >= 0.6 is 0 Å². The van der Waals surface area contributed by atoms with Crippen molar-refractivity contribution in [2.24, 2.45) is 5.73 Å². The minimum absolute atomic E-state index is 0. The fourth-order valence-corrected chi connectivity index (χ4v) is 8.61. The van der Waals surface area contributed by atoms with Gasteiger partial charge in [-0.05, 0) is 71.8 Å². The number of nitrogens with zero attached hydrogens (tertiary/aromatic N) is 10. The molecule has 0 saturated carbocycles. The molecule has 2 atom stereocenters. The number of nitrogens with two attached hydrogens (primary N) is 1. The Morgan fingerprint density at radius 1 is 0.662 bits per heavy atom. The van der Waals surface area contributed by atoms with Crippen LogP contribution in [-0.4, -0.2) is 152 Å². The van der Waals surface area contributed by atoms with Gasteiger partial charge in [-0.25, -0.2) is 14.2 Å². The number of fused-ring (bicyclic) bond motifs is 2. The molecule has 4 aromatic carbocycles. The summed E-state index contributed by atoms with van der Waals surface area (Å²) in [6.45, 7) is 1.63. The summed E-state index contributed by atoms with van der Waals surface area (Å²) in [4.78, 5) is 52.2. The number of aliphatic hydroxyl groups is 4. The van der Waals surface area contributed by atoms with Gasteiger partial charge in [0.15, 0.2) is 11.4 Å². The molecule has 9 N–H and O–H groups in total. The second kappa shape index (κ2) is 21.0. The van der Waals surface area contributed by atoms with Gasteiger partial charge in [-0.2, -0.15) is 20.4 Å². The van der Waals surface area contributed by atoms with Crippen molar-refractivity contribution in [3.05, 3.63) is 132 Å². The molecule has 0 unspecified atom stereocenters. The van der Waals surface area contributed by atoms with Crippen molar-refractivity contribution < 1.29 is 44.3 Å². The second-order valence-corrected chi connectivity index (χ2v) is 17.5. The molecule has 2 saturated heterocycles. The van der Waals surface area contributed by atoms with E-state index in [2.05, 4.69) is 44.1 Å². The van der Waals surface area contributed by atoms with Crippen molar-refractivity contribution in [3.63, 3.8) is 0 Å². The maximum absolute atomic E-state index is 12.6. The third-order valence-electron chi connectivity index (χ3n) is 12.6. The zero-order valence-corrected chi connectivity index (χ0v) is 40.6. The summed E-state index contributed by atoms with van der Waals surface area (Å²) in [5.41, 5.74) is 9.69. The van der Waals surface area contributed by atoms with Gasteiger partial charge >= 0.3 is 5.97 Å². The number of hydrogen-bond acceptors (Lipinski definition) is 14. The van der Waals surface area contributed by atoms with Gasteiger partial charge in [0, 0.05) is 85.4 Å². The van der Waals surface area contributed by atoms with Crippen LogP contribution in [0.4, 0.5) is 0 Å². The maximum Gasteiger partial charge on any atom is 0.359 e. The molecule has 378 valence electrons. The lowest BCUT2D eigenvalue weighted by Crippen LogP contribution is -2.37. The number of esters is 1. The molecular formula is C53H52N12O9. The third-order valence-corrected chi connectivity index (χ3v) is 12.6. The smallest absolute Gasteiger partial charge is 0.359 e. The molecule has 10 rings (SSSR count). The molecule has 0 aliphatic carbocycles. The highest BCUT2D eigenvalue weighted by atomic mass is 16.5. The van der Waals surface area contributed by atoms with E-state index < -0.39 is 34.9 Å². The summed E-state index contributed by atoms with van der Waals surface area (Å²) >= 11 is 0. The van der Waals surface area contributed by atoms with E-state index >= 15 is 0 Å². The lowest BCUT2D eigenvalue weighted by molar-refractivity contribution is -0.138. The van der Waals surface area contributed by atoms with Gasteiger partial charge in [0.25, 0.3) is 17.7 Å². The van der Waals surface area contributed by atoms with Gasteiger partial charge in [-0.3, -0.25) is 23.7 Å². The van der Waals surface area contributed by atoms with E-state index in [1.165, 1.54) is 16.9 Å². The van der Waals surface area contributed by atoms with E-state index in [0.717, 1.165) is 22.3 Å². The molecule has 3 amide bonds. The molecule has 6 heterocycles. The molecule has 4 aromatic heterocycles. The van der Waals surface area contributed by atoms with Crippen LogP contribution in [0.25, 0.3) is 55.4 Å². The first-order chi connectivity index (χ1) is 35.1. The number of rotatable bonds is 10. The summed E-state index contributed by atoms with van der Waals surface area (Å²) in [7, 11) is 4.57. The first-order valence-corrected chi connectivity index (χ1v) is 23.1. The number of amides is 3. The number of likely N-dealkylation sites (tertiary alicyclic amines) is 2. The van der Waals surface area contributed by atoms with E-state index in [9.17, 15) is 29.4 Å². The van der Waals surface area contributed by atoms with E-state index in [-0.39, 0.29) is 43.6 Å². The number of aliphatic hydroxyl groups excluding tert-OH is 2. The summed E-state index contributed by atoms with van der Waals surface area (Å²) in [5, 5.41) is 58.2. The maximum atomic E-state index is 12.6. The molecule has 2 aliphatic rings. The highest BCUT2D eigenvalue weighted by Crippen LogP contribution is 2.31. The van der Waals surface area contributed by atoms with Crippen LogP contribution in [0.3, 0.4) is 0 Å². The number of aromatic nitrogens is 8. The number of carbonyl (C=O) groups is 4. The molecule has 0 bridgehead atoms. The molecule has 21 heteroatoms. The summed E-state index contributed by atoms with van der Waals surface area (Å²) in [6.07, 6.45) is 7.53. The first-order valence-electron chi connectivity index (χ1n) is 23.1. The number of carbonyl (C=O) groups excluding carboxylic acids is 4. The molecule has 21 nitrogen and oxygen atoms in total. The Balaban J connectivity index is 0.000000194. The van der Waals surface area contributed by atoms with Crippen molar-refractivity contribution in [2.75, 3.05) is 47.5 Å². The Labute approximate surface area is 423 Å². The van der Waals surface area contributed by atoms with Crippen LogP contribution in [0.15, 0.2) is 110 Å². The Morgan fingerprint density at radius 2 is 1.11 bits per heavy atom. The molecule has 0 spiro atoms. The predicted octanol–water partition coefficient (Wildman–Crippen LogP) is 2.70. The Kier molecular flexibility index (Phi) is 14.6. The van der Waals surface area contributed by atoms with Crippen molar-refractivity contribution in [1.82, 2.24) is 55.1 Å². The second-order valence-electron chi connectivity index (χ2n) is 17.5. The van der Waals surface area contributed by atoms with Crippen LogP contribution in [0.5, 0.6) is 0 Å². The normalized spacial score (nSPS) is 17.1. The van der Waals surface area contributed by atoms with Gasteiger partial charge in [0.2, 0.25) is 11.2 Å².